The second-order valence-corrected chi connectivity index (χ2v) is 5.58. The third-order valence-corrected chi connectivity index (χ3v) is 4.28. The Hall–Kier alpha value is -2.41. The van der Waals surface area contributed by atoms with Crippen molar-refractivity contribution in [2.75, 3.05) is 20.8 Å². The zero-order valence-corrected chi connectivity index (χ0v) is 13.4. The summed E-state index contributed by atoms with van der Waals surface area (Å²) in [5, 5.41) is 9.84. The molecule has 1 aliphatic rings. The van der Waals surface area contributed by atoms with Crippen molar-refractivity contribution in [3.63, 3.8) is 0 Å². The minimum Gasteiger partial charge on any atom is -0.493 e. The summed E-state index contributed by atoms with van der Waals surface area (Å²) in [6.07, 6.45) is -0.0984. The molecule has 0 saturated carbocycles. The van der Waals surface area contributed by atoms with Gasteiger partial charge in [-0.3, -0.25) is 9.59 Å². The fourth-order valence-electron chi connectivity index (χ4n) is 2.85. The number of H-pyrrole nitrogens is 1. The average Bonchev–Trinajstić information content (AvgIpc) is 3.02. The van der Waals surface area contributed by atoms with Crippen molar-refractivity contribution in [2.45, 2.75) is 13.0 Å². The van der Waals surface area contributed by atoms with Gasteiger partial charge < -0.3 is 24.5 Å². The summed E-state index contributed by atoms with van der Waals surface area (Å²) < 4.78 is 10.5. The van der Waals surface area contributed by atoms with Crippen molar-refractivity contribution in [1.82, 2.24) is 9.88 Å². The van der Waals surface area contributed by atoms with E-state index in [0.717, 1.165) is 5.56 Å². The Balaban J connectivity index is 2.07. The lowest BCUT2D eigenvalue weighted by molar-refractivity contribution is -0.137. The van der Waals surface area contributed by atoms with Crippen LogP contribution in [0.2, 0.25) is 5.02 Å². The second-order valence-electron chi connectivity index (χ2n) is 5.20. The number of benzene rings is 1. The van der Waals surface area contributed by atoms with Gasteiger partial charge in [-0.05, 0) is 0 Å². The molecule has 2 heterocycles. The van der Waals surface area contributed by atoms with E-state index >= 15 is 0 Å². The molecule has 0 unspecified atom stereocenters. The zero-order valence-electron chi connectivity index (χ0n) is 12.6. The maximum atomic E-state index is 12.4. The van der Waals surface area contributed by atoms with Crippen LogP contribution < -0.4 is 9.47 Å². The van der Waals surface area contributed by atoms with Gasteiger partial charge in [0, 0.05) is 30.1 Å². The molecule has 0 spiro atoms. The SMILES string of the molecule is COc1cc2[nH]c3c(c2c(Cl)c1OC)CN(CCC(=O)O)C3=O. The number of hydrogen-bond donors (Lipinski definition) is 2. The molecule has 0 aliphatic carbocycles. The summed E-state index contributed by atoms with van der Waals surface area (Å²) in [4.78, 5) is 27.6. The lowest BCUT2D eigenvalue weighted by Gasteiger charge is -2.15. The van der Waals surface area contributed by atoms with E-state index in [1.807, 2.05) is 0 Å². The summed E-state index contributed by atoms with van der Waals surface area (Å²) in [6, 6.07) is 1.73. The number of carbonyl (C=O) groups is 2. The number of aromatic amines is 1. The van der Waals surface area contributed by atoms with E-state index in [1.165, 1.54) is 19.1 Å². The zero-order chi connectivity index (χ0) is 16.7. The smallest absolute Gasteiger partial charge is 0.305 e. The van der Waals surface area contributed by atoms with Crippen molar-refractivity contribution in [3.8, 4) is 11.5 Å². The molecule has 8 heteroatoms. The first-order valence-electron chi connectivity index (χ1n) is 6.94. The first-order chi connectivity index (χ1) is 11.0. The minimum atomic E-state index is -0.942. The number of carboxylic acids is 1. The number of methoxy groups -OCH3 is 2. The van der Waals surface area contributed by atoms with Crippen molar-refractivity contribution in [3.05, 3.63) is 22.3 Å². The van der Waals surface area contributed by atoms with Gasteiger partial charge in [-0.25, -0.2) is 0 Å². The van der Waals surface area contributed by atoms with Crippen LogP contribution in [0.25, 0.3) is 10.9 Å². The van der Waals surface area contributed by atoms with Gasteiger partial charge in [-0.1, -0.05) is 11.6 Å². The molecule has 0 saturated heterocycles. The highest BCUT2D eigenvalue weighted by molar-refractivity contribution is 6.38. The summed E-state index contributed by atoms with van der Waals surface area (Å²) in [7, 11) is 3.00. The molecule has 0 bridgehead atoms. The van der Waals surface area contributed by atoms with Crippen LogP contribution in [0.4, 0.5) is 0 Å². The molecule has 0 radical (unpaired) electrons. The molecule has 1 amide bonds. The Labute approximate surface area is 136 Å². The molecule has 1 aliphatic heterocycles. The fraction of sp³-hybridized carbons (Fsp3) is 0.333. The molecule has 2 aromatic rings. The Morgan fingerprint density at radius 3 is 2.78 bits per heavy atom. The van der Waals surface area contributed by atoms with Crippen molar-refractivity contribution < 1.29 is 24.2 Å². The lowest BCUT2D eigenvalue weighted by atomic mass is 10.1. The van der Waals surface area contributed by atoms with Crippen molar-refractivity contribution in [2.24, 2.45) is 0 Å². The number of rotatable bonds is 5. The van der Waals surface area contributed by atoms with Gasteiger partial charge in [0.05, 0.1) is 31.2 Å². The number of nitrogens with zero attached hydrogens (tertiary/aromatic N) is 1. The largest absolute Gasteiger partial charge is 0.493 e. The summed E-state index contributed by atoms with van der Waals surface area (Å²) in [6.45, 7) is 0.472. The number of aromatic nitrogens is 1. The Kier molecular flexibility index (Phi) is 3.81. The van der Waals surface area contributed by atoms with E-state index in [-0.39, 0.29) is 18.9 Å². The molecule has 1 aromatic carbocycles. The monoisotopic (exact) mass is 338 g/mol. The van der Waals surface area contributed by atoms with E-state index in [0.29, 0.717) is 39.7 Å². The van der Waals surface area contributed by atoms with E-state index < -0.39 is 5.97 Å². The van der Waals surface area contributed by atoms with Crippen LogP contribution in [0.3, 0.4) is 0 Å². The number of carboxylic acid groups (broad SMARTS) is 1. The van der Waals surface area contributed by atoms with Crippen LogP contribution in [0.5, 0.6) is 11.5 Å². The molecular formula is C15H15ClN2O5. The third-order valence-electron chi connectivity index (χ3n) is 3.92. The van der Waals surface area contributed by atoms with Crippen LogP contribution in [-0.4, -0.2) is 47.6 Å². The van der Waals surface area contributed by atoms with Gasteiger partial charge in [-0.15, -0.1) is 0 Å². The fourth-order valence-corrected chi connectivity index (χ4v) is 3.24. The highest BCUT2D eigenvalue weighted by Crippen LogP contribution is 2.44. The number of halogens is 1. The predicted molar refractivity (Wildman–Crippen MR) is 83.4 cm³/mol. The number of nitrogens with one attached hydrogen (secondary N) is 1. The van der Waals surface area contributed by atoms with Crippen LogP contribution in [0, 0.1) is 0 Å². The summed E-state index contributed by atoms with van der Waals surface area (Å²) >= 11 is 6.42. The highest BCUT2D eigenvalue weighted by Gasteiger charge is 2.33. The summed E-state index contributed by atoms with van der Waals surface area (Å²) in [5.41, 5.74) is 1.87. The number of hydrogen-bond acceptors (Lipinski definition) is 4. The van der Waals surface area contributed by atoms with E-state index in [9.17, 15) is 9.59 Å². The van der Waals surface area contributed by atoms with Gasteiger partial charge >= 0.3 is 5.97 Å². The maximum absolute atomic E-state index is 12.4. The Morgan fingerprint density at radius 2 is 2.17 bits per heavy atom. The lowest BCUT2D eigenvalue weighted by Crippen LogP contribution is -2.27. The highest BCUT2D eigenvalue weighted by atomic mass is 35.5. The molecule has 0 fully saturated rings. The first-order valence-corrected chi connectivity index (χ1v) is 7.31. The molecule has 122 valence electrons. The van der Waals surface area contributed by atoms with Crippen LogP contribution >= 0.6 is 11.6 Å². The molecule has 3 rings (SSSR count). The number of aliphatic carboxylic acids is 1. The maximum Gasteiger partial charge on any atom is 0.305 e. The van der Waals surface area contributed by atoms with Gasteiger partial charge in [0.1, 0.15) is 5.69 Å². The first kappa shape index (κ1) is 15.5. The van der Waals surface area contributed by atoms with Crippen LogP contribution in [-0.2, 0) is 11.3 Å². The van der Waals surface area contributed by atoms with Crippen molar-refractivity contribution in [1.29, 1.82) is 0 Å². The number of ether oxygens (including phenoxy) is 2. The van der Waals surface area contributed by atoms with Gasteiger partial charge in [0.25, 0.3) is 5.91 Å². The number of amides is 1. The average molecular weight is 339 g/mol. The van der Waals surface area contributed by atoms with E-state index in [2.05, 4.69) is 4.98 Å². The van der Waals surface area contributed by atoms with Gasteiger partial charge in [0.15, 0.2) is 11.5 Å². The number of fused-ring (bicyclic) bond motifs is 3. The molecule has 1 aromatic heterocycles. The number of carbonyl (C=O) groups excluding carboxylic acids is 1. The predicted octanol–water partition coefficient (Wildman–Crippen LogP) is 2.27. The van der Waals surface area contributed by atoms with E-state index in [1.54, 1.807) is 6.07 Å². The van der Waals surface area contributed by atoms with Crippen molar-refractivity contribution >= 4 is 34.4 Å². The van der Waals surface area contributed by atoms with Gasteiger partial charge in [0.2, 0.25) is 0 Å². The topological polar surface area (TPSA) is 91.9 Å². The van der Waals surface area contributed by atoms with Gasteiger partial charge in [-0.2, -0.15) is 0 Å². The molecule has 0 atom stereocenters. The quantitative estimate of drug-likeness (QED) is 0.872. The Morgan fingerprint density at radius 1 is 1.43 bits per heavy atom. The van der Waals surface area contributed by atoms with Crippen LogP contribution in [0.15, 0.2) is 6.07 Å². The summed E-state index contributed by atoms with van der Waals surface area (Å²) in [5.74, 6) is -0.297. The van der Waals surface area contributed by atoms with Crippen LogP contribution in [0.1, 0.15) is 22.5 Å². The molecule has 7 nitrogen and oxygen atoms in total. The third kappa shape index (κ3) is 2.37. The Bertz CT molecular complexity index is 814. The van der Waals surface area contributed by atoms with E-state index in [4.69, 9.17) is 26.2 Å². The molecule has 2 N–H and O–H groups in total. The molecule has 23 heavy (non-hydrogen) atoms. The second kappa shape index (κ2) is 5.66. The standard InChI is InChI=1S/C15H15ClN2O5/c1-22-9-5-8-11(12(16)14(9)23-2)7-6-18(4-3-10(19)20)15(21)13(7)17-8/h5,17H,3-4,6H2,1-2H3,(H,19,20). The molecular weight excluding hydrogens is 324 g/mol. The normalized spacial score (nSPS) is 13.5. The minimum absolute atomic E-state index is 0.0984.